The van der Waals surface area contributed by atoms with Gasteiger partial charge in [-0.1, -0.05) is 0 Å². The van der Waals surface area contributed by atoms with E-state index in [1.165, 1.54) is 38.8 Å². The van der Waals surface area contributed by atoms with Crippen LogP contribution in [-0.4, -0.2) is 60.8 Å². The van der Waals surface area contributed by atoms with E-state index in [0.717, 1.165) is 37.2 Å². The third-order valence-electron chi connectivity index (χ3n) is 4.95. The zero-order chi connectivity index (χ0) is 15.4. The lowest BCUT2D eigenvalue weighted by Crippen LogP contribution is -2.48. The molecular weight excluding hydrogens is 276 g/mol. The van der Waals surface area contributed by atoms with Gasteiger partial charge in [0.15, 0.2) is 0 Å². The van der Waals surface area contributed by atoms with Crippen LogP contribution in [0.3, 0.4) is 0 Å². The summed E-state index contributed by atoms with van der Waals surface area (Å²) < 4.78 is 5.63. The predicted octanol–water partition coefficient (Wildman–Crippen LogP) is 2.11. The predicted molar refractivity (Wildman–Crippen MR) is 88.2 cm³/mol. The third kappa shape index (κ3) is 3.96. The lowest BCUT2D eigenvalue weighted by Gasteiger charge is -2.40. The third-order valence-corrected chi connectivity index (χ3v) is 4.95. The Morgan fingerprint density at radius 1 is 1.32 bits per heavy atom. The molecule has 0 radical (unpaired) electrons. The first-order valence-corrected chi connectivity index (χ1v) is 8.54. The van der Waals surface area contributed by atoms with E-state index < -0.39 is 0 Å². The number of nitrogens with zero attached hydrogens (tertiary/aromatic N) is 4. The summed E-state index contributed by atoms with van der Waals surface area (Å²) in [6, 6.07) is 2.63. The molecule has 3 rings (SSSR count). The molecule has 2 fully saturated rings. The Bertz CT molecular complexity index is 475. The number of aromatic nitrogens is 2. The van der Waals surface area contributed by atoms with Crippen molar-refractivity contribution in [2.45, 2.75) is 38.6 Å². The van der Waals surface area contributed by atoms with Crippen LogP contribution >= 0.6 is 0 Å². The summed E-state index contributed by atoms with van der Waals surface area (Å²) >= 11 is 0. The lowest BCUT2D eigenvalue weighted by atomic mass is 9.98. The van der Waals surface area contributed by atoms with Crippen LogP contribution in [0.15, 0.2) is 12.4 Å². The molecule has 0 spiro atoms. The first-order valence-electron chi connectivity index (χ1n) is 8.54. The average Bonchev–Trinajstić information content (AvgIpc) is 2.55. The number of likely N-dealkylation sites (tertiary alicyclic amines) is 1. The van der Waals surface area contributed by atoms with Crippen LogP contribution in [0.25, 0.3) is 0 Å². The number of hydrogen-bond acceptors (Lipinski definition) is 5. The number of aryl methyl sites for hydroxylation is 1. The minimum atomic E-state index is 0.549. The first-order chi connectivity index (χ1) is 10.7. The molecule has 0 amide bonds. The second-order valence-corrected chi connectivity index (χ2v) is 6.77. The molecule has 5 heteroatoms. The number of likely N-dealkylation sites (N-methyl/N-ethyl adjacent to an activating group) is 1. The van der Waals surface area contributed by atoms with Gasteiger partial charge in [-0.3, -0.25) is 0 Å². The van der Waals surface area contributed by atoms with Crippen LogP contribution in [0.5, 0.6) is 0 Å². The van der Waals surface area contributed by atoms with Gasteiger partial charge in [0.05, 0.1) is 6.61 Å². The highest BCUT2D eigenvalue weighted by atomic mass is 16.5. The SMILES string of the molecule is Cc1cc(N(C)C2CCCN(CC3CCCOC3)C2)ncn1. The van der Waals surface area contributed by atoms with Gasteiger partial charge in [0, 0.05) is 44.5 Å². The van der Waals surface area contributed by atoms with Crippen LogP contribution in [0, 0.1) is 12.8 Å². The average molecular weight is 304 g/mol. The van der Waals surface area contributed by atoms with E-state index in [0.29, 0.717) is 6.04 Å². The second kappa shape index (κ2) is 7.38. The van der Waals surface area contributed by atoms with Gasteiger partial charge in [-0.15, -0.1) is 0 Å². The molecule has 22 heavy (non-hydrogen) atoms. The highest BCUT2D eigenvalue weighted by Gasteiger charge is 2.26. The Labute approximate surface area is 133 Å². The van der Waals surface area contributed by atoms with Crippen LogP contribution < -0.4 is 4.90 Å². The molecule has 2 atom stereocenters. The summed E-state index contributed by atoms with van der Waals surface area (Å²) in [7, 11) is 2.17. The minimum Gasteiger partial charge on any atom is -0.381 e. The molecule has 0 bridgehead atoms. The van der Waals surface area contributed by atoms with Gasteiger partial charge >= 0.3 is 0 Å². The van der Waals surface area contributed by atoms with Gasteiger partial charge in [0.25, 0.3) is 0 Å². The van der Waals surface area contributed by atoms with E-state index in [2.05, 4.69) is 32.9 Å². The molecule has 2 aliphatic heterocycles. The zero-order valence-electron chi connectivity index (χ0n) is 13.9. The van der Waals surface area contributed by atoms with Gasteiger partial charge in [-0.25, -0.2) is 9.97 Å². The Morgan fingerprint density at radius 2 is 2.23 bits per heavy atom. The molecule has 1 aromatic heterocycles. The number of anilines is 1. The monoisotopic (exact) mass is 304 g/mol. The molecule has 0 N–H and O–H groups in total. The molecule has 5 nitrogen and oxygen atoms in total. The maximum Gasteiger partial charge on any atom is 0.132 e. The van der Waals surface area contributed by atoms with Gasteiger partial charge < -0.3 is 14.5 Å². The summed E-state index contributed by atoms with van der Waals surface area (Å²) in [6.45, 7) is 7.47. The Balaban J connectivity index is 1.57. The van der Waals surface area contributed by atoms with Gasteiger partial charge in [-0.2, -0.15) is 0 Å². The van der Waals surface area contributed by atoms with E-state index >= 15 is 0 Å². The van der Waals surface area contributed by atoms with Crippen LogP contribution in [0.2, 0.25) is 0 Å². The highest BCUT2D eigenvalue weighted by molar-refractivity contribution is 5.39. The Kier molecular flexibility index (Phi) is 5.26. The molecule has 2 saturated heterocycles. The molecule has 0 aromatic carbocycles. The summed E-state index contributed by atoms with van der Waals surface area (Å²) in [5.74, 6) is 1.76. The van der Waals surface area contributed by atoms with Crippen molar-refractivity contribution < 1.29 is 4.74 Å². The Morgan fingerprint density at radius 3 is 3.00 bits per heavy atom. The maximum atomic E-state index is 5.63. The summed E-state index contributed by atoms with van der Waals surface area (Å²) in [5, 5.41) is 0. The second-order valence-electron chi connectivity index (χ2n) is 6.77. The Hall–Kier alpha value is -1.20. The van der Waals surface area contributed by atoms with E-state index in [4.69, 9.17) is 4.74 Å². The van der Waals surface area contributed by atoms with Crippen molar-refractivity contribution in [1.82, 2.24) is 14.9 Å². The number of piperidine rings is 1. The van der Waals surface area contributed by atoms with Crippen molar-refractivity contribution in [2.24, 2.45) is 5.92 Å². The van der Waals surface area contributed by atoms with E-state index in [9.17, 15) is 0 Å². The standard InChI is InChI=1S/C17H28N4O/c1-14-9-17(19-13-18-14)20(2)16-6-3-7-21(11-16)10-15-5-4-8-22-12-15/h9,13,15-16H,3-8,10-12H2,1-2H3. The van der Waals surface area contributed by atoms with Crippen LogP contribution in [-0.2, 0) is 4.74 Å². The van der Waals surface area contributed by atoms with Crippen molar-refractivity contribution in [3.63, 3.8) is 0 Å². The molecule has 2 unspecified atom stereocenters. The van der Waals surface area contributed by atoms with Crippen molar-refractivity contribution in [1.29, 1.82) is 0 Å². The molecule has 2 aliphatic rings. The number of rotatable bonds is 4. The highest BCUT2D eigenvalue weighted by Crippen LogP contribution is 2.22. The first kappa shape index (κ1) is 15.7. The van der Waals surface area contributed by atoms with E-state index in [1.54, 1.807) is 6.33 Å². The lowest BCUT2D eigenvalue weighted by molar-refractivity contribution is 0.0341. The van der Waals surface area contributed by atoms with Crippen LogP contribution in [0.1, 0.15) is 31.4 Å². The normalized spacial score (nSPS) is 26.8. The quantitative estimate of drug-likeness (QED) is 0.852. The molecule has 0 saturated carbocycles. The summed E-state index contributed by atoms with van der Waals surface area (Å²) in [4.78, 5) is 13.6. The fourth-order valence-electron chi connectivity index (χ4n) is 3.65. The molecular formula is C17H28N4O. The zero-order valence-corrected chi connectivity index (χ0v) is 13.9. The maximum absolute atomic E-state index is 5.63. The van der Waals surface area contributed by atoms with Crippen molar-refractivity contribution >= 4 is 5.82 Å². The van der Waals surface area contributed by atoms with E-state index in [-0.39, 0.29) is 0 Å². The largest absolute Gasteiger partial charge is 0.381 e. The van der Waals surface area contributed by atoms with Gasteiger partial charge in [0.2, 0.25) is 0 Å². The number of ether oxygens (including phenoxy) is 1. The fraction of sp³-hybridized carbons (Fsp3) is 0.765. The summed E-state index contributed by atoms with van der Waals surface area (Å²) in [5.41, 5.74) is 1.03. The molecule has 122 valence electrons. The molecule has 1 aromatic rings. The van der Waals surface area contributed by atoms with Gasteiger partial charge in [-0.05, 0) is 45.1 Å². The number of hydrogen-bond donors (Lipinski definition) is 0. The molecule has 3 heterocycles. The summed E-state index contributed by atoms with van der Waals surface area (Å²) in [6.07, 6.45) is 6.73. The van der Waals surface area contributed by atoms with Crippen LogP contribution in [0.4, 0.5) is 5.82 Å². The van der Waals surface area contributed by atoms with Crippen molar-refractivity contribution in [3.8, 4) is 0 Å². The van der Waals surface area contributed by atoms with Crippen molar-refractivity contribution in [2.75, 3.05) is 44.8 Å². The minimum absolute atomic E-state index is 0.549. The molecule has 0 aliphatic carbocycles. The smallest absolute Gasteiger partial charge is 0.132 e. The van der Waals surface area contributed by atoms with E-state index in [1.807, 2.05) is 6.92 Å². The topological polar surface area (TPSA) is 41.5 Å². The van der Waals surface area contributed by atoms with Crippen molar-refractivity contribution in [3.05, 3.63) is 18.1 Å². The van der Waals surface area contributed by atoms with Gasteiger partial charge in [0.1, 0.15) is 12.1 Å². The fourth-order valence-corrected chi connectivity index (χ4v) is 3.65.